The quantitative estimate of drug-likeness (QED) is 0.793. The molecule has 1 aromatic carbocycles. The second-order valence-corrected chi connectivity index (χ2v) is 4.87. The standard InChI is InChI=1S/C13H19NO2/c1-10(2)13(7-15-8-13)9-16-12-5-3-4-11(14)6-12/h3-6,10H,7-9,14H2,1-2H3. The summed E-state index contributed by atoms with van der Waals surface area (Å²) < 4.78 is 11.1. The summed E-state index contributed by atoms with van der Waals surface area (Å²) in [6.07, 6.45) is 0. The Hall–Kier alpha value is -1.22. The molecular weight excluding hydrogens is 202 g/mol. The summed E-state index contributed by atoms with van der Waals surface area (Å²) in [6, 6.07) is 7.55. The number of rotatable bonds is 4. The molecule has 0 atom stereocenters. The lowest BCUT2D eigenvalue weighted by molar-refractivity contribution is -0.156. The molecule has 3 heteroatoms. The monoisotopic (exact) mass is 221 g/mol. The minimum absolute atomic E-state index is 0.185. The molecule has 0 bridgehead atoms. The molecule has 1 aromatic rings. The highest BCUT2D eigenvalue weighted by Crippen LogP contribution is 2.36. The second-order valence-electron chi connectivity index (χ2n) is 4.87. The van der Waals surface area contributed by atoms with Gasteiger partial charge in [-0.3, -0.25) is 0 Å². The highest BCUT2D eigenvalue weighted by molar-refractivity contribution is 5.43. The van der Waals surface area contributed by atoms with Crippen molar-refractivity contribution in [3.63, 3.8) is 0 Å². The van der Waals surface area contributed by atoms with Gasteiger partial charge in [0.2, 0.25) is 0 Å². The Morgan fingerprint density at radius 1 is 1.44 bits per heavy atom. The average molecular weight is 221 g/mol. The van der Waals surface area contributed by atoms with Crippen molar-refractivity contribution in [2.24, 2.45) is 11.3 Å². The number of benzene rings is 1. The molecule has 2 rings (SSSR count). The van der Waals surface area contributed by atoms with Gasteiger partial charge in [-0.05, 0) is 18.1 Å². The molecule has 3 nitrogen and oxygen atoms in total. The lowest BCUT2D eigenvalue weighted by atomic mass is 9.76. The number of nitrogen functional groups attached to an aromatic ring is 1. The van der Waals surface area contributed by atoms with Crippen LogP contribution in [0.5, 0.6) is 5.75 Å². The Bertz CT molecular complexity index is 359. The van der Waals surface area contributed by atoms with Crippen LogP contribution in [0.1, 0.15) is 13.8 Å². The SMILES string of the molecule is CC(C)C1(COc2cccc(N)c2)COC1. The van der Waals surface area contributed by atoms with Crippen LogP contribution < -0.4 is 10.5 Å². The fourth-order valence-corrected chi connectivity index (χ4v) is 1.78. The molecule has 16 heavy (non-hydrogen) atoms. The third-order valence-electron chi connectivity index (χ3n) is 3.39. The molecule has 0 aromatic heterocycles. The minimum Gasteiger partial charge on any atom is -0.493 e. The maximum atomic E-state index is 5.80. The average Bonchev–Trinajstić information content (AvgIpc) is 2.15. The molecule has 0 saturated carbocycles. The van der Waals surface area contributed by atoms with Gasteiger partial charge in [0.15, 0.2) is 0 Å². The van der Waals surface area contributed by atoms with Gasteiger partial charge < -0.3 is 15.2 Å². The summed E-state index contributed by atoms with van der Waals surface area (Å²) in [4.78, 5) is 0. The molecule has 2 N–H and O–H groups in total. The van der Waals surface area contributed by atoms with Crippen molar-refractivity contribution >= 4 is 5.69 Å². The summed E-state index contributed by atoms with van der Waals surface area (Å²) in [5, 5.41) is 0. The summed E-state index contributed by atoms with van der Waals surface area (Å²) >= 11 is 0. The molecule has 0 amide bonds. The number of hydrogen-bond donors (Lipinski definition) is 1. The normalized spacial score (nSPS) is 18.2. The topological polar surface area (TPSA) is 44.5 Å². The highest BCUT2D eigenvalue weighted by atomic mass is 16.5. The zero-order valence-corrected chi connectivity index (χ0v) is 9.90. The van der Waals surface area contributed by atoms with Gasteiger partial charge in [-0.25, -0.2) is 0 Å². The van der Waals surface area contributed by atoms with Crippen LogP contribution in [-0.4, -0.2) is 19.8 Å². The molecule has 1 aliphatic rings. The van der Waals surface area contributed by atoms with E-state index in [4.69, 9.17) is 15.2 Å². The molecular formula is C13H19NO2. The maximum Gasteiger partial charge on any atom is 0.121 e. The Morgan fingerprint density at radius 3 is 2.69 bits per heavy atom. The molecule has 1 fully saturated rings. The van der Waals surface area contributed by atoms with Crippen molar-refractivity contribution in [2.75, 3.05) is 25.6 Å². The van der Waals surface area contributed by atoms with E-state index in [-0.39, 0.29) is 5.41 Å². The van der Waals surface area contributed by atoms with Gasteiger partial charge in [0, 0.05) is 11.8 Å². The molecule has 0 radical (unpaired) electrons. The fraction of sp³-hybridized carbons (Fsp3) is 0.538. The number of anilines is 1. The molecule has 0 spiro atoms. The van der Waals surface area contributed by atoms with E-state index >= 15 is 0 Å². The molecule has 88 valence electrons. The first-order valence-corrected chi connectivity index (χ1v) is 5.68. The van der Waals surface area contributed by atoms with Gasteiger partial charge in [-0.1, -0.05) is 19.9 Å². The van der Waals surface area contributed by atoms with E-state index in [0.717, 1.165) is 24.7 Å². The van der Waals surface area contributed by atoms with Crippen LogP contribution >= 0.6 is 0 Å². The number of nitrogens with two attached hydrogens (primary N) is 1. The van der Waals surface area contributed by atoms with E-state index in [1.165, 1.54) is 0 Å². The van der Waals surface area contributed by atoms with Crippen LogP contribution in [-0.2, 0) is 4.74 Å². The predicted molar refractivity (Wildman–Crippen MR) is 64.4 cm³/mol. The highest BCUT2D eigenvalue weighted by Gasteiger charge is 2.42. The third kappa shape index (κ3) is 2.14. The Balaban J connectivity index is 1.96. The van der Waals surface area contributed by atoms with Crippen LogP contribution in [0, 0.1) is 11.3 Å². The Kier molecular flexibility index (Phi) is 3.06. The van der Waals surface area contributed by atoms with E-state index in [9.17, 15) is 0 Å². The van der Waals surface area contributed by atoms with E-state index in [0.29, 0.717) is 12.5 Å². The fourth-order valence-electron chi connectivity index (χ4n) is 1.78. The number of hydrogen-bond acceptors (Lipinski definition) is 3. The van der Waals surface area contributed by atoms with E-state index < -0.39 is 0 Å². The Morgan fingerprint density at radius 2 is 2.19 bits per heavy atom. The van der Waals surface area contributed by atoms with Gasteiger partial charge in [0.25, 0.3) is 0 Å². The van der Waals surface area contributed by atoms with Crippen molar-refractivity contribution in [3.05, 3.63) is 24.3 Å². The van der Waals surface area contributed by atoms with E-state index in [1.54, 1.807) is 0 Å². The largest absolute Gasteiger partial charge is 0.493 e. The van der Waals surface area contributed by atoms with Crippen LogP contribution in [0.2, 0.25) is 0 Å². The Labute approximate surface area is 96.5 Å². The smallest absolute Gasteiger partial charge is 0.121 e. The summed E-state index contributed by atoms with van der Waals surface area (Å²) in [5.74, 6) is 1.41. The van der Waals surface area contributed by atoms with E-state index in [2.05, 4.69) is 13.8 Å². The van der Waals surface area contributed by atoms with Crippen molar-refractivity contribution in [1.82, 2.24) is 0 Å². The molecule has 1 heterocycles. The first-order chi connectivity index (χ1) is 7.62. The van der Waals surface area contributed by atoms with Gasteiger partial charge in [0.1, 0.15) is 5.75 Å². The van der Waals surface area contributed by atoms with Crippen LogP contribution in [0.4, 0.5) is 5.69 Å². The van der Waals surface area contributed by atoms with Crippen molar-refractivity contribution in [2.45, 2.75) is 13.8 Å². The van der Waals surface area contributed by atoms with Gasteiger partial charge in [-0.15, -0.1) is 0 Å². The van der Waals surface area contributed by atoms with Crippen LogP contribution in [0.25, 0.3) is 0 Å². The van der Waals surface area contributed by atoms with E-state index in [1.807, 2.05) is 24.3 Å². The summed E-state index contributed by atoms with van der Waals surface area (Å²) in [7, 11) is 0. The van der Waals surface area contributed by atoms with Crippen molar-refractivity contribution in [1.29, 1.82) is 0 Å². The zero-order valence-electron chi connectivity index (χ0n) is 9.90. The van der Waals surface area contributed by atoms with Crippen LogP contribution in [0.15, 0.2) is 24.3 Å². The minimum atomic E-state index is 0.185. The first kappa shape index (κ1) is 11.3. The predicted octanol–water partition coefficient (Wildman–Crippen LogP) is 2.32. The van der Waals surface area contributed by atoms with Crippen molar-refractivity contribution in [3.8, 4) is 5.75 Å². The van der Waals surface area contributed by atoms with Gasteiger partial charge >= 0.3 is 0 Å². The lowest BCUT2D eigenvalue weighted by Gasteiger charge is -2.44. The third-order valence-corrected chi connectivity index (χ3v) is 3.39. The molecule has 1 aliphatic heterocycles. The first-order valence-electron chi connectivity index (χ1n) is 5.68. The van der Waals surface area contributed by atoms with Crippen molar-refractivity contribution < 1.29 is 9.47 Å². The number of ether oxygens (including phenoxy) is 2. The molecule has 1 saturated heterocycles. The summed E-state index contributed by atoms with van der Waals surface area (Å²) in [5.41, 5.74) is 6.62. The summed E-state index contributed by atoms with van der Waals surface area (Å²) in [6.45, 7) is 6.73. The van der Waals surface area contributed by atoms with Crippen LogP contribution in [0.3, 0.4) is 0 Å². The second kappa shape index (κ2) is 4.34. The molecule has 0 aliphatic carbocycles. The zero-order chi connectivity index (χ0) is 11.6. The van der Waals surface area contributed by atoms with Gasteiger partial charge in [-0.2, -0.15) is 0 Å². The lowest BCUT2D eigenvalue weighted by Crippen LogP contribution is -2.50. The molecule has 0 unspecified atom stereocenters. The maximum absolute atomic E-state index is 5.80. The van der Waals surface area contributed by atoms with Gasteiger partial charge in [0.05, 0.1) is 25.2 Å².